The highest BCUT2D eigenvalue weighted by Crippen LogP contribution is 2.05. The first-order valence-electron chi connectivity index (χ1n) is 6.99. The van der Waals surface area contributed by atoms with Crippen LogP contribution in [0.1, 0.15) is 19.8 Å². The van der Waals surface area contributed by atoms with E-state index in [1.807, 2.05) is 4.90 Å². The van der Waals surface area contributed by atoms with Crippen molar-refractivity contribution < 1.29 is 9.59 Å². The van der Waals surface area contributed by atoms with Crippen molar-refractivity contribution in [1.29, 1.82) is 0 Å². The van der Waals surface area contributed by atoms with Crippen LogP contribution in [0.2, 0.25) is 0 Å². The maximum Gasteiger partial charge on any atom is 0.240 e. The smallest absolute Gasteiger partial charge is 0.240 e. The molecule has 1 fully saturated rings. The summed E-state index contributed by atoms with van der Waals surface area (Å²) in [6.07, 6.45) is 2.06. The Kier molecular flexibility index (Phi) is 6.80. The zero-order valence-corrected chi connectivity index (χ0v) is 12.2. The van der Waals surface area contributed by atoms with Crippen molar-refractivity contribution in [2.45, 2.75) is 25.8 Å². The molecule has 1 aliphatic heterocycles. The number of rotatable bonds is 6. The van der Waals surface area contributed by atoms with Crippen LogP contribution in [-0.2, 0) is 9.59 Å². The van der Waals surface area contributed by atoms with Crippen molar-refractivity contribution >= 4 is 11.8 Å². The van der Waals surface area contributed by atoms with Crippen LogP contribution in [0.5, 0.6) is 0 Å². The van der Waals surface area contributed by atoms with Gasteiger partial charge >= 0.3 is 0 Å². The van der Waals surface area contributed by atoms with Gasteiger partial charge in [0.15, 0.2) is 0 Å². The molecule has 0 bridgehead atoms. The maximum absolute atomic E-state index is 12.1. The molecular weight excluding hydrogens is 244 g/mol. The molecule has 1 atom stereocenters. The summed E-state index contributed by atoms with van der Waals surface area (Å²) in [5, 5.41) is 6.10. The van der Waals surface area contributed by atoms with E-state index in [0.717, 1.165) is 25.9 Å². The van der Waals surface area contributed by atoms with Gasteiger partial charge < -0.3 is 15.5 Å². The highest BCUT2D eigenvalue weighted by Gasteiger charge is 2.30. The van der Waals surface area contributed by atoms with Gasteiger partial charge in [0.05, 0.1) is 6.54 Å². The summed E-state index contributed by atoms with van der Waals surface area (Å²) in [5.74, 6) is 0.0560. The Labute approximate surface area is 115 Å². The fourth-order valence-electron chi connectivity index (χ4n) is 2.12. The number of piperazine rings is 1. The van der Waals surface area contributed by atoms with Gasteiger partial charge in [0.1, 0.15) is 6.04 Å². The Balaban J connectivity index is 2.48. The molecule has 110 valence electrons. The summed E-state index contributed by atoms with van der Waals surface area (Å²) in [5.41, 5.74) is 0. The fraction of sp³-hybridized carbons (Fsp3) is 0.846. The van der Waals surface area contributed by atoms with Gasteiger partial charge in [-0.3, -0.25) is 14.5 Å². The average Bonchev–Trinajstić information content (AvgIpc) is 2.38. The van der Waals surface area contributed by atoms with Crippen molar-refractivity contribution in [3.63, 3.8) is 0 Å². The zero-order valence-electron chi connectivity index (χ0n) is 12.2. The molecule has 19 heavy (non-hydrogen) atoms. The SMILES string of the molecule is CCCCNC(=O)CN1CCNCC1C(=O)N(C)C. The quantitative estimate of drug-likeness (QED) is 0.624. The lowest BCUT2D eigenvalue weighted by Gasteiger charge is -2.35. The topological polar surface area (TPSA) is 64.7 Å². The van der Waals surface area contributed by atoms with Gasteiger partial charge in [-0.1, -0.05) is 13.3 Å². The van der Waals surface area contributed by atoms with Crippen LogP contribution in [0.3, 0.4) is 0 Å². The van der Waals surface area contributed by atoms with Gasteiger partial charge in [-0.25, -0.2) is 0 Å². The van der Waals surface area contributed by atoms with E-state index in [-0.39, 0.29) is 17.9 Å². The van der Waals surface area contributed by atoms with Crippen molar-refractivity contribution in [3.8, 4) is 0 Å². The monoisotopic (exact) mass is 270 g/mol. The van der Waals surface area contributed by atoms with Gasteiger partial charge in [0.2, 0.25) is 11.8 Å². The van der Waals surface area contributed by atoms with Gasteiger partial charge in [-0.05, 0) is 6.42 Å². The van der Waals surface area contributed by atoms with Crippen molar-refractivity contribution in [1.82, 2.24) is 20.4 Å². The largest absolute Gasteiger partial charge is 0.355 e. The summed E-state index contributed by atoms with van der Waals surface area (Å²) in [6.45, 7) is 5.27. The summed E-state index contributed by atoms with van der Waals surface area (Å²) >= 11 is 0. The molecule has 0 aromatic carbocycles. The van der Waals surface area contributed by atoms with Crippen LogP contribution in [-0.4, -0.2) is 74.5 Å². The lowest BCUT2D eigenvalue weighted by molar-refractivity contribution is -0.136. The molecule has 0 aromatic heterocycles. The van der Waals surface area contributed by atoms with E-state index in [1.165, 1.54) is 0 Å². The van der Waals surface area contributed by atoms with Crippen LogP contribution >= 0.6 is 0 Å². The predicted octanol–water partition coefficient (Wildman–Crippen LogP) is -0.735. The second-order valence-electron chi connectivity index (χ2n) is 5.13. The van der Waals surface area contributed by atoms with E-state index >= 15 is 0 Å². The van der Waals surface area contributed by atoms with Crippen LogP contribution in [0.4, 0.5) is 0 Å². The molecule has 6 nitrogen and oxygen atoms in total. The molecule has 0 aliphatic carbocycles. The van der Waals surface area contributed by atoms with E-state index in [9.17, 15) is 9.59 Å². The first-order chi connectivity index (χ1) is 9.06. The highest BCUT2D eigenvalue weighted by molar-refractivity contribution is 5.83. The Morgan fingerprint density at radius 1 is 1.42 bits per heavy atom. The average molecular weight is 270 g/mol. The van der Waals surface area contributed by atoms with Gasteiger partial charge in [-0.2, -0.15) is 0 Å². The minimum Gasteiger partial charge on any atom is -0.355 e. The van der Waals surface area contributed by atoms with Crippen molar-refractivity contribution in [2.24, 2.45) is 0 Å². The van der Waals surface area contributed by atoms with Gasteiger partial charge in [0.25, 0.3) is 0 Å². The summed E-state index contributed by atoms with van der Waals surface area (Å²) in [7, 11) is 3.49. The summed E-state index contributed by atoms with van der Waals surface area (Å²) in [4.78, 5) is 27.4. The van der Waals surface area contributed by atoms with Crippen molar-refractivity contribution in [2.75, 3.05) is 46.8 Å². The van der Waals surface area contributed by atoms with Crippen LogP contribution < -0.4 is 10.6 Å². The van der Waals surface area contributed by atoms with E-state index in [4.69, 9.17) is 0 Å². The molecule has 1 unspecified atom stereocenters. The van der Waals surface area contributed by atoms with E-state index in [0.29, 0.717) is 19.6 Å². The Bertz CT molecular complexity index is 307. The second kappa shape index (κ2) is 8.12. The van der Waals surface area contributed by atoms with E-state index in [2.05, 4.69) is 17.6 Å². The third-order valence-electron chi connectivity index (χ3n) is 3.28. The second-order valence-corrected chi connectivity index (χ2v) is 5.13. The van der Waals surface area contributed by atoms with Gasteiger partial charge in [0, 0.05) is 40.3 Å². The molecule has 0 saturated carbocycles. The van der Waals surface area contributed by atoms with E-state index in [1.54, 1.807) is 19.0 Å². The minimum absolute atomic E-state index is 0.00639. The number of nitrogens with one attached hydrogen (secondary N) is 2. The first kappa shape index (κ1) is 15.9. The molecule has 1 aliphatic rings. The normalized spacial score (nSPS) is 20.1. The molecular formula is C13H26N4O2. The molecule has 1 heterocycles. The Hall–Kier alpha value is -1.14. The number of carbonyl (C=O) groups is 2. The predicted molar refractivity (Wildman–Crippen MR) is 74.8 cm³/mol. The number of amides is 2. The molecule has 0 spiro atoms. The number of carbonyl (C=O) groups excluding carboxylic acids is 2. The number of unbranched alkanes of at least 4 members (excludes halogenated alkanes) is 1. The van der Waals surface area contributed by atoms with Crippen molar-refractivity contribution in [3.05, 3.63) is 0 Å². The molecule has 6 heteroatoms. The number of hydrogen-bond acceptors (Lipinski definition) is 4. The van der Waals surface area contributed by atoms with Crippen LogP contribution in [0, 0.1) is 0 Å². The first-order valence-corrected chi connectivity index (χ1v) is 6.99. The summed E-state index contributed by atoms with van der Waals surface area (Å²) < 4.78 is 0. The number of likely N-dealkylation sites (N-methyl/N-ethyl adjacent to an activating group) is 1. The van der Waals surface area contributed by atoms with E-state index < -0.39 is 0 Å². The fourth-order valence-corrected chi connectivity index (χ4v) is 2.12. The zero-order chi connectivity index (χ0) is 14.3. The lowest BCUT2D eigenvalue weighted by Crippen LogP contribution is -2.59. The Morgan fingerprint density at radius 2 is 2.16 bits per heavy atom. The van der Waals surface area contributed by atoms with Crippen LogP contribution in [0.15, 0.2) is 0 Å². The maximum atomic E-state index is 12.1. The lowest BCUT2D eigenvalue weighted by atomic mass is 10.1. The molecule has 1 saturated heterocycles. The number of nitrogens with zero attached hydrogens (tertiary/aromatic N) is 2. The molecule has 0 aromatic rings. The Morgan fingerprint density at radius 3 is 2.79 bits per heavy atom. The number of hydrogen-bond donors (Lipinski definition) is 2. The summed E-state index contributed by atoms with van der Waals surface area (Å²) in [6, 6.07) is -0.235. The van der Waals surface area contributed by atoms with Crippen LogP contribution in [0.25, 0.3) is 0 Å². The standard InChI is InChI=1S/C13H26N4O2/c1-4-5-6-15-12(18)10-17-8-7-14-9-11(17)13(19)16(2)3/h11,14H,4-10H2,1-3H3,(H,15,18). The molecule has 1 rings (SSSR count). The minimum atomic E-state index is -0.235. The highest BCUT2D eigenvalue weighted by atomic mass is 16.2. The van der Waals surface area contributed by atoms with Gasteiger partial charge in [-0.15, -0.1) is 0 Å². The molecule has 2 N–H and O–H groups in total. The third kappa shape index (κ3) is 5.16. The molecule has 2 amide bonds. The molecule has 0 radical (unpaired) electrons. The third-order valence-corrected chi connectivity index (χ3v) is 3.28.